The van der Waals surface area contributed by atoms with Crippen molar-refractivity contribution in [3.05, 3.63) is 0 Å². The third-order valence-corrected chi connectivity index (χ3v) is 1.05. The molecule has 0 aliphatic rings. The Balaban J connectivity index is 0. The highest BCUT2D eigenvalue weighted by Gasteiger charge is 1.86. The lowest BCUT2D eigenvalue weighted by molar-refractivity contribution is 0.363. The van der Waals surface area contributed by atoms with E-state index in [1.54, 1.807) is 0 Å². The number of halogens is 1. The molecule has 0 fully saturated rings. The first-order valence-electron chi connectivity index (χ1n) is 2.70. The molecule has 3 heteroatoms. The van der Waals surface area contributed by atoms with Gasteiger partial charge >= 0.3 is 0 Å². The Bertz CT molecular complexity index is 41.4. The Morgan fingerprint density at radius 1 is 1.50 bits per heavy atom. The summed E-state index contributed by atoms with van der Waals surface area (Å²) in [4.78, 5) is 2.18. The average molecular weight is 139 g/mol. The minimum atomic E-state index is 0. The minimum absolute atomic E-state index is 0. The highest BCUT2D eigenvalue weighted by Crippen LogP contribution is 1.74. The van der Waals surface area contributed by atoms with Crippen LogP contribution in [0.1, 0.15) is 6.92 Å². The topological polar surface area (TPSA) is 29.3 Å². The van der Waals surface area contributed by atoms with E-state index >= 15 is 0 Å². The lowest BCUT2D eigenvalue weighted by Gasteiger charge is -2.10. The van der Waals surface area contributed by atoms with Crippen molar-refractivity contribution < 1.29 is 0 Å². The first-order valence-corrected chi connectivity index (χ1v) is 2.70. The molecular weight excluding hydrogens is 124 g/mol. The van der Waals surface area contributed by atoms with Crippen LogP contribution >= 0.6 is 12.4 Å². The number of likely N-dealkylation sites (N-methyl/N-ethyl adjacent to an activating group) is 1. The van der Waals surface area contributed by atoms with Gasteiger partial charge in [-0.25, -0.2) is 0 Å². The molecule has 0 amide bonds. The fourth-order valence-corrected chi connectivity index (χ4v) is 0.379. The summed E-state index contributed by atoms with van der Waals surface area (Å²) in [7, 11) is 2.06. The molecule has 0 saturated carbocycles. The van der Waals surface area contributed by atoms with Gasteiger partial charge in [0, 0.05) is 13.1 Å². The molecule has 0 rings (SSSR count). The fourth-order valence-electron chi connectivity index (χ4n) is 0.379. The summed E-state index contributed by atoms with van der Waals surface area (Å²) in [6.45, 7) is 4.99. The number of nitrogens with two attached hydrogens (primary N) is 1. The zero-order chi connectivity index (χ0) is 5.70. The molecule has 8 heavy (non-hydrogen) atoms. The SMILES string of the molecule is CCN(C)CCN.Cl. The second-order valence-electron chi connectivity index (χ2n) is 1.68. The summed E-state index contributed by atoms with van der Waals surface area (Å²) in [5, 5.41) is 0. The van der Waals surface area contributed by atoms with E-state index in [1.165, 1.54) is 0 Å². The van der Waals surface area contributed by atoms with Crippen molar-refractivity contribution in [2.24, 2.45) is 5.73 Å². The van der Waals surface area contributed by atoms with Crippen molar-refractivity contribution >= 4 is 12.4 Å². The third-order valence-electron chi connectivity index (χ3n) is 1.05. The third kappa shape index (κ3) is 6.21. The van der Waals surface area contributed by atoms with Crippen molar-refractivity contribution in [3.8, 4) is 0 Å². The van der Waals surface area contributed by atoms with Crippen LogP contribution in [0, 0.1) is 0 Å². The van der Waals surface area contributed by atoms with E-state index < -0.39 is 0 Å². The van der Waals surface area contributed by atoms with E-state index in [2.05, 4.69) is 18.9 Å². The summed E-state index contributed by atoms with van der Waals surface area (Å²) >= 11 is 0. The van der Waals surface area contributed by atoms with E-state index in [4.69, 9.17) is 5.73 Å². The number of hydrogen-bond acceptors (Lipinski definition) is 2. The van der Waals surface area contributed by atoms with Crippen LogP contribution in [0.15, 0.2) is 0 Å². The van der Waals surface area contributed by atoms with Gasteiger partial charge in [-0.1, -0.05) is 6.92 Å². The number of nitrogens with zero attached hydrogens (tertiary/aromatic N) is 1. The molecule has 0 bridgehead atoms. The highest BCUT2D eigenvalue weighted by atomic mass is 35.5. The largest absolute Gasteiger partial charge is 0.329 e. The van der Waals surface area contributed by atoms with E-state index in [1.807, 2.05) is 0 Å². The van der Waals surface area contributed by atoms with Crippen LogP contribution in [0.25, 0.3) is 0 Å². The Kier molecular flexibility index (Phi) is 9.97. The summed E-state index contributed by atoms with van der Waals surface area (Å²) in [6, 6.07) is 0. The maximum absolute atomic E-state index is 5.26. The van der Waals surface area contributed by atoms with Crippen LogP contribution in [0.5, 0.6) is 0 Å². The predicted molar refractivity (Wildman–Crippen MR) is 39.5 cm³/mol. The second-order valence-corrected chi connectivity index (χ2v) is 1.68. The molecule has 0 spiro atoms. The summed E-state index contributed by atoms with van der Waals surface area (Å²) in [5.41, 5.74) is 5.26. The predicted octanol–water partition coefficient (Wildman–Crippen LogP) is 0.319. The van der Waals surface area contributed by atoms with Gasteiger partial charge in [0.15, 0.2) is 0 Å². The van der Waals surface area contributed by atoms with Crippen LogP contribution in [0.2, 0.25) is 0 Å². The van der Waals surface area contributed by atoms with Crippen molar-refractivity contribution in [1.82, 2.24) is 4.90 Å². The van der Waals surface area contributed by atoms with E-state index in [0.717, 1.165) is 19.6 Å². The summed E-state index contributed by atoms with van der Waals surface area (Å²) in [6.07, 6.45) is 0. The number of rotatable bonds is 3. The van der Waals surface area contributed by atoms with Crippen molar-refractivity contribution in [3.63, 3.8) is 0 Å². The molecule has 0 aliphatic carbocycles. The van der Waals surface area contributed by atoms with Gasteiger partial charge in [-0.15, -0.1) is 12.4 Å². The molecule has 0 heterocycles. The lowest BCUT2D eigenvalue weighted by Crippen LogP contribution is -2.24. The molecule has 2 nitrogen and oxygen atoms in total. The molecule has 0 atom stereocenters. The van der Waals surface area contributed by atoms with E-state index in [-0.39, 0.29) is 12.4 Å². The first kappa shape index (κ1) is 11.1. The van der Waals surface area contributed by atoms with Gasteiger partial charge in [-0.2, -0.15) is 0 Å². The van der Waals surface area contributed by atoms with Crippen molar-refractivity contribution in [2.45, 2.75) is 6.92 Å². The van der Waals surface area contributed by atoms with E-state index in [9.17, 15) is 0 Å². The fraction of sp³-hybridized carbons (Fsp3) is 1.00. The normalized spacial score (nSPS) is 9.00. The molecule has 0 aromatic heterocycles. The zero-order valence-electron chi connectivity index (χ0n) is 5.55. The van der Waals surface area contributed by atoms with Gasteiger partial charge in [0.25, 0.3) is 0 Å². The molecule has 2 N–H and O–H groups in total. The lowest BCUT2D eigenvalue weighted by atomic mass is 10.5. The second kappa shape index (κ2) is 7.21. The monoisotopic (exact) mass is 138 g/mol. The van der Waals surface area contributed by atoms with Gasteiger partial charge < -0.3 is 10.6 Å². The standard InChI is InChI=1S/C5H14N2.ClH/c1-3-7(2)5-4-6;/h3-6H2,1-2H3;1H. The molecule has 52 valence electrons. The Labute approximate surface area is 57.5 Å². The zero-order valence-corrected chi connectivity index (χ0v) is 6.37. The van der Waals surface area contributed by atoms with Gasteiger partial charge in [0.2, 0.25) is 0 Å². The van der Waals surface area contributed by atoms with Crippen LogP contribution in [-0.2, 0) is 0 Å². The Hall–Kier alpha value is 0.210. The Morgan fingerprint density at radius 3 is 2.12 bits per heavy atom. The van der Waals surface area contributed by atoms with Crippen LogP contribution in [-0.4, -0.2) is 31.6 Å². The van der Waals surface area contributed by atoms with Gasteiger partial charge in [-0.3, -0.25) is 0 Å². The van der Waals surface area contributed by atoms with Gasteiger partial charge in [-0.05, 0) is 13.6 Å². The van der Waals surface area contributed by atoms with E-state index in [0.29, 0.717) is 0 Å². The van der Waals surface area contributed by atoms with Crippen LogP contribution in [0.4, 0.5) is 0 Å². The molecule has 0 aromatic carbocycles. The summed E-state index contributed by atoms with van der Waals surface area (Å²) in [5.74, 6) is 0. The molecule has 0 aromatic rings. The Morgan fingerprint density at radius 2 is 2.00 bits per heavy atom. The maximum Gasteiger partial charge on any atom is 0.0101 e. The van der Waals surface area contributed by atoms with Crippen molar-refractivity contribution in [1.29, 1.82) is 0 Å². The van der Waals surface area contributed by atoms with Crippen LogP contribution < -0.4 is 5.73 Å². The first-order chi connectivity index (χ1) is 3.31. The highest BCUT2D eigenvalue weighted by molar-refractivity contribution is 5.85. The number of hydrogen-bond donors (Lipinski definition) is 1. The minimum Gasteiger partial charge on any atom is -0.329 e. The smallest absolute Gasteiger partial charge is 0.0101 e. The van der Waals surface area contributed by atoms with Gasteiger partial charge in [0.05, 0.1) is 0 Å². The van der Waals surface area contributed by atoms with Crippen molar-refractivity contribution in [2.75, 3.05) is 26.7 Å². The average Bonchev–Trinajstić information content (AvgIpc) is 1.68. The van der Waals surface area contributed by atoms with Gasteiger partial charge in [0.1, 0.15) is 0 Å². The molecular formula is C5H15ClN2. The van der Waals surface area contributed by atoms with Crippen LogP contribution in [0.3, 0.4) is 0 Å². The maximum atomic E-state index is 5.26. The molecule has 0 radical (unpaired) electrons. The summed E-state index contributed by atoms with van der Waals surface area (Å²) < 4.78 is 0. The molecule has 0 saturated heterocycles. The molecule has 0 unspecified atom stereocenters. The molecule has 0 aliphatic heterocycles. The quantitative estimate of drug-likeness (QED) is 0.609.